The molecule has 0 spiro atoms. The first-order valence-corrected chi connectivity index (χ1v) is 9.25. The van der Waals surface area contributed by atoms with Crippen LogP contribution >= 0.6 is 0 Å². The maximum Gasteiger partial charge on any atom is 0.378 e. The van der Waals surface area contributed by atoms with Crippen LogP contribution in [-0.4, -0.2) is 8.56 Å². The van der Waals surface area contributed by atoms with Crippen LogP contribution in [0, 0.1) is 0 Å². The molecule has 1 aliphatic heterocycles. The molecule has 0 unspecified atom stereocenters. The van der Waals surface area contributed by atoms with Crippen LogP contribution < -0.4 is 5.19 Å². The van der Waals surface area contributed by atoms with Gasteiger partial charge in [0.15, 0.2) is 0 Å². The highest BCUT2D eigenvalue weighted by molar-refractivity contribution is 6.83. The van der Waals surface area contributed by atoms with E-state index in [1.807, 2.05) is 6.07 Å². The molecule has 2 nitrogen and oxygen atoms in total. The highest BCUT2D eigenvalue weighted by atomic mass is 28.4. The molecule has 0 amide bonds. The van der Waals surface area contributed by atoms with Crippen LogP contribution in [0.4, 0.5) is 0 Å². The summed E-state index contributed by atoms with van der Waals surface area (Å²) in [6, 6.07) is 18.9. The molecule has 0 aliphatic carbocycles. The molecule has 0 N–H and O–H groups in total. The quantitative estimate of drug-likeness (QED) is 0.744. The van der Waals surface area contributed by atoms with E-state index in [2.05, 4.69) is 69.3 Å². The highest BCUT2D eigenvalue weighted by Crippen LogP contribution is 2.40. The van der Waals surface area contributed by atoms with E-state index in [0.717, 1.165) is 0 Å². The minimum atomic E-state index is -2.51. The number of hydrogen-bond acceptors (Lipinski definition) is 2. The summed E-state index contributed by atoms with van der Waals surface area (Å²) in [5.74, 6) is 0. The van der Waals surface area contributed by atoms with E-state index in [0.29, 0.717) is 13.2 Å². The molecule has 0 saturated heterocycles. The molecule has 0 fully saturated rings. The van der Waals surface area contributed by atoms with Crippen LogP contribution in [-0.2, 0) is 22.1 Å². The second-order valence-electron chi connectivity index (χ2n) is 6.58. The number of fused-ring (bicyclic) bond motifs is 1. The van der Waals surface area contributed by atoms with Crippen molar-refractivity contribution in [3.8, 4) is 0 Å². The molecule has 2 aromatic carbocycles. The Morgan fingerprint density at radius 1 is 0.762 bits per heavy atom. The van der Waals surface area contributed by atoms with Crippen molar-refractivity contribution in [3.05, 3.63) is 65.7 Å². The van der Waals surface area contributed by atoms with Crippen molar-refractivity contribution in [3.63, 3.8) is 0 Å². The Labute approximate surface area is 128 Å². The molecule has 3 rings (SSSR count). The van der Waals surface area contributed by atoms with Gasteiger partial charge in [0, 0.05) is 5.04 Å². The third kappa shape index (κ3) is 2.57. The predicted molar refractivity (Wildman–Crippen MR) is 87.6 cm³/mol. The zero-order valence-corrected chi connectivity index (χ0v) is 13.9. The van der Waals surface area contributed by atoms with Crippen molar-refractivity contribution in [2.45, 2.75) is 39.0 Å². The molecule has 0 saturated carbocycles. The largest absolute Gasteiger partial charge is 0.386 e. The van der Waals surface area contributed by atoms with Crippen LogP contribution in [0.3, 0.4) is 0 Å². The SMILES string of the molecule is CC(C)(C)[Si]1(c2ccccc2)OCc2ccccc2CO1. The third-order valence-corrected chi connectivity index (χ3v) is 8.29. The van der Waals surface area contributed by atoms with E-state index >= 15 is 0 Å². The lowest BCUT2D eigenvalue weighted by atomic mass is 10.1. The monoisotopic (exact) mass is 298 g/mol. The molecule has 1 heterocycles. The Morgan fingerprint density at radius 2 is 1.24 bits per heavy atom. The van der Waals surface area contributed by atoms with Gasteiger partial charge in [-0.2, -0.15) is 0 Å². The van der Waals surface area contributed by atoms with Gasteiger partial charge >= 0.3 is 8.56 Å². The summed E-state index contributed by atoms with van der Waals surface area (Å²) in [5.41, 5.74) is 2.49. The lowest BCUT2D eigenvalue weighted by Crippen LogP contribution is -2.59. The van der Waals surface area contributed by atoms with Gasteiger partial charge in [-0.05, 0) is 16.3 Å². The van der Waals surface area contributed by atoms with Crippen LogP contribution in [0.25, 0.3) is 0 Å². The Hall–Kier alpha value is -1.42. The second kappa shape index (κ2) is 5.41. The molecular weight excluding hydrogens is 276 g/mol. The Morgan fingerprint density at radius 3 is 1.71 bits per heavy atom. The summed E-state index contributed by atoms with van der Waals surface area (Å²) in [4.78, 5) is 0. The summed E-state index contributed by atoms with van der Waals surface area (Å²) in [7, 11) is -2.51. The smallest absolute Gasteiger partial charge is 0.378 e. The maximum atomic E-state index is 6.48. The fraction of sp³-hybridized carbons (Fsp3) is 0.333. The van der Waals surface area contributed by atoms with E-state index in [1.165, 1.54) is 16.3 Å². The van der Waals surface area contributed by atoms with E-state index in [9.17, 15) is 0 Å². The van der Waals surface area contributed by atoms with Crippen molar-refractivity contribution >= 4 is 13.7 Å². The molecule has 0 aromatic heterocycles. The normalized spacial score (nSPS) is 17.9. The van der Waals surface area contributed by atoms with Crippen molar-refractivity contribution in [1.82, 2.24) is 0 Å². The van der Waals surface area contributed by atoms with E-state index in [4.69, 9.17) is 8.85 Å². The summed E-state index contributed by atoms with van der Waals surface area (Å²) < 4.78 is 13.0. The van der Waals surface area contributed by atoms with E-state index in [-0.39, 0.29) is 5.04 Å². The lowest BCUT2D eigenvalue weighted by molar-refractivity contribution is 0.160. The molecule has 3 heteroatoms. The Bertz CT molecular complexity index is 590. The first-order valence-electron chi connectivity index (χ1n) is 7.43. The van der Waals surface area contributed by atoms with E-state index < -0.39 is 8.56 Å². The Balaban J connectivity index is 2.04. The first-order chi connectivity index (χ1) is 10.0. The minimum Gasteiger partial charge on any atom is -0.386 e. The molecule has 0 bridgehead atoms. The van der Waals surface area contributed by atoms with Crippen molar-refractivity contribution in [2.75, 3.05) is 0 Å². The van der Waals surface area contributed by atoms with Crippen LogP contribution in [0.15, 0.2) is 54.6 Å². The maximum absolute atomic E-state index is 6.48. The van der Waals surface area contributed by atoms with Gasteiger partial charge < -0.3 is 8.85 Å². The van der Waals surface area contributed by atoms with Gasteiger partial charge in [0.25, 0.3) is 0 Å². The van der Waals surface area contributed by atoms with Gasteiger partial charge in [-0.3, -0.25) is 0 Å². The molecule has 1 aliphatic rings. The van der Waals surface area contributed by atoms with Gasteiger partial charge in [0.05, 0.1) is 13.2 Å². The van der Waals surface area contributed by atoms with Crippen molar-refractivity contribution in [2.24, 2.45) is 0 Å². The van der Waals surface area contributed by atoms with Gasteiger partial charge in [0.1, 0.15) is 0 Å². The number of benzene rings is 2. The van der Waals surface area contributed by atoms with Crippen molar-refractivity contribution in [1.29, 1.82) is 0 Å². The molecule has 0 atom stereocenters. The predicted octanol–water partition coefficient (Wildman–Crippen LogP) is 3.88. The van der Waals surface area contributed by atoms with Crippen molar-refractivity contribution < 1.29 is 8.85 Å². The third-order valence-electron chi connectivity index (χ3n) is 4.12. The molecule has 110 valence electrons. The zero-order valence-electron chi connectivity index (χ0n) is 12.9. The lowest BCUT2D eigenvalue weighted by Gasteiger charge is -2.40. The summed E-state index contributed by atoms with van der Waals surface area (Å²) >= 11 is 0. The molecule has 2 aromatic rings. The average molecular weight is 298 g/mol. The van der Waals surface area contributed by atoms with Crippen LogP contribution in [0.5, 0.6) is 0 Å². The first kappa shape index (κ1) is 14.5. The highest BCUT2D eigenvalue weighted by Gasteiger charge is 2.52. The number of rotatable bonds is 1. The number of hydrogen-bond donors (Lipinski definition) is 0. The molecular formula is C18H22O2Si. The topological polar surface area (TPSA) is 18.5 Å². The van der Waals surface area contributed by atoms with E-state index in [1.54, 1.807) is 0 Å². The average Bonchev–Trinajstić information content (AvgIpc) is 2.68. The fourth-order valence-corrected chi connectivity index (χ4v) is 6.43. The van der Waals surface area contributed by atoms with Crippen LogP contribution in [0.1, 0.15) is 31.9 Å². The molecule has 0 radical (unpaired) electrons. The Kier molecular flexibility index (Phi) is 3.74. The zero-order chi connectivity index (χ0) is 14.9. The van der Waals surface area contributed by atoms with Gasteiger partial charge in [-0.15, -0.1) is 0 Å². The standard InChI is InChI=1S/C18H22O2Si/c1-18(2,3)21(17-11-5-4-6-12-17)19-13-15-9-7-8-10-16(15)14-20-21/h4-12H,13-14H2,1-3H3. The summed E-state index contributed by atoms with van der Waals surface area (Å²) in [6.45, 7) is 7.94. The van der Waals surface area contributed by atoms with Gasteiger partial charge in [-0.1, -0.05) is 75.4 Å². The van der Waals surface area contributed by atoms with Gasteiger partial charge in [0.2, 0.25) is 0 Å². The van der Waals surface area contributed by atoms with Crippen LogP contribution in [0.2, 0.25) is 5.04 Å². The second-order valence-corrected chi connectivity index (χ2v) is 10.5. The summed E-state index contributed by atoms with van der Waals surface area (Å²) in [5, 5.41) is 1.18. The summed E-state index contributed by atoms with van der Waals surface area (Å²) in [6.07, 6.45) is 0. The minimum absolute atomic E-state index is 0.0314. The fourth-order valence-electron chi connectivity index (χ4n) is 2.93. The molecule has 21 heavy (non-hydrogen) atoms. The van der Waals surface area contributed by atoms with Gasteiger partial charge in [-0.25, -0.2) is 0 Å².